The Kier molecular flexibility index (Phi) is 4.88. The summed E-state index contributed by atoms with van der Waals surface area (Å²) in [6.07, 6.45) is 0.254. The first-order valence-electron chi connectivity index (χ1n) is 8.72. The Morgan fingerprint density at radius 1 is 1.12 bits per heavy atom. The van der Waals surface area contributed by atoms with E-state index in [0.29, 0.717) is 12.5 Å². The van der Waals surface area contributed by atoms with Crippen LogP contribution in [0, 0.1) is 12.8 Å². The number of carbonyl (C=O) groups excluding carboxylic acids is 2. The topological polar surface area (TPSA) is 49.4 Å². The number of nitrogens with zero attached hydrogens (tertiary/aromatic N) is 1. The van der Waals surface area contributed by atoms with E-state index in [2.05, 4.69) is 19.2 Å². The molecule has 1 fully saturated rings. The fourth-order valence-electron chi connectivity index (χ4n) is 3.21. The summed E-state index contributed by atoms with van der Waals surface area (Å²) in [7, 11) is 0. The molecular weight excluding hydrogens is 312 g/mol. The summed E-state index contributed by atoms with van der Waals surface area (Å²) >= 11 is 0. The Labute approximate surface area is 148 Å². The highest BCUT2D eigenvalue weighted by Crippen LogP contribution is 2.28. The maximum Gasteiger partial charge on any atom is 0.229 e. The molecule has 1 aliphatic rings. The number of amides is 2. The minimum Gasteiger partial charge on any atom is -0.326 e. The number of benzene rings is 2. The first kappa shape index (κ1) is 17.2. The lowest BCUT2D eigenvalue weighted by Gasteiger charge is -2.18. The first-order valence-corrected chi connectivity index (χ1v) is 8.72. The van der Waals surface area contributed by atoms with Crippen LogP contribution in [0.25, 0.3) is 0 Å². The monoisotopic (exact) mass is 336 g/mol. The van der Waals surface area contributed by atoms with E-state index in [-0.39, 0.29) is 24.2 Å². The van der Waals surface area contributed by atoms with Gasteiger partial charge in [0, 0.05) is 24.3 Å². The van der Waals surface area contributed by atoms with Crippen molar-refractivity contribution in [3.05, 3.63) is 59.7 Å². The molecule has 0 aliphatic carbocycles. The Bertz CT molecular complexity index is 781. The second kappa shape index (κ2) is 7.09. The van der Waals surface area contributed by atoms with Gasteiger partial charge in [-0.1, -0.05) is 49.7 Å². The van der Waals surface area contributed by atoms with Crippen molar-refractivity contribution < 1.29 is 9.59 Å². The zero-order chi connectivity index (χ0) is 18.0. The molecule has 25 heavy (non-hydrogen) atoms. The van der Waals surface area contributed by atoms with Gasteiger partial charge in [-0.25, -0.2) is 0 Å². The van der Waals surface area contributed by atoms with Gasteiger partial charge < -0.3 is 10.2 Å². The van der Waals surface area contributed by atoms with E-state index in [4.69, 9.17) is 0 Å². The number of nitrogens with one attached hydrogen (secondary N) is 1. The minimum atomic E-state index is -0.325. The van der Waals surface area contributed by atoms with Crippen LogP contribution in [0.4, 0.5) is 11.4 Å². The predicted octanol–water partition coefficient (Wildman–Crippen LogP) is 4.11. The standard InChI is InChI=1S/C21H24N2O2/c1-14(2)18-6-4-5-7-19(18)22-21(25)16-12-20(24)23(13-16)17-10-8-15(3)9-11-17/h4-11,14,16H,12-13H2,1-3H3,(H,22,25)/t16-/m1/s1. The van der Waals surface area contributed by atoms with Gasteiger partial charge in [-0.3, -0.25) is 9.59 Å². The van der Waals surface area contributed by atoms with Gasteiger partial charge in [0.15, 0.2) is 0 Å². The third-order valence-electron chi connectivity index (χ3n) is 4.68. The highest BCUT2D eigenvalue weighted by atomic mass is 16.2. The largest absolute Gasteiger partial charge is 0.326 e. The van der Waals surface area contributed by atoms with Crippen LogP contribution >= 0.6 is 0 Å². The maximum absolute atomic E-state index is 12.7. The van der Waals surface area contributed by atoms with E-state index >= 15 is 0 Å². The number of hydrogen-bond donors (Lipinski definition) is 1. The lowest BCUT2D eigenvalue weighted by molar-refractivity contribution is -0.122. The summed E-state index contributed by atoms with van der Waals surface area (Å²) < 4.78 is 0. The average Bonchev–Trinajstić information content (AvgIpc) is 2.98. The van der Waals surface area contributed by atoms with Crippen molar-refractivity contribution >= 4 is 23.2 Å². The molecule has 4 heteroatoms. The molecular formula is C21H24N2O2. The van der Waals surface area contributed by atoms with Gasteiger partial charge in [0.25, 0.3) is 0 Å². The van der Waals surface area contributed by atoms with E-state index in [1.54, 1.807) is 4.90 Å². The molecule has 130 valence electrons. The Morgan fingerprint density at radius 2 is 1.80 bits per heavy atom. The van der Waals surface area contributed by atoms with E-state index in [1.807, 2.05) is 55.5 Å². The molecule has 3 rings (SSSR count). The molecule has 0 bridgehead atoms. The second-order valence-corrected chi connectivity index (χ2v) is 6.97. The fraction of sp³-hybridized carbons (Fsp3) is 0.333. The number of hydrogen-bond acceptors (Lipinski definition) is 2. The third-order valence-corrected chi connectivity index (χ3v) is 4.68. The van der Waals surface area contributed by atoms with Crippen molar-refractivity contribution in [2.75, 3.05) is 16.8 Å². The summed E-state index contributed by atoms with van der Waals surface area (Å²) in [4.78, 5) is 26.7. The summed E-state index contributed by atoms with van der Waals surface area (Å²) in [6.45, 7) is 6.64. The number of rotatable bonds is 4. The molecule has 0 unspecified atom stereocenters. The first-order chi connectivity index (χ1) is 12.0. The number of aryl methyl sites for hydroxylation is 1. The summed E-state index contributed by atoms with van der Waals surface area (Å²) in [5, 5.41) is 3.02. The smallest absolute Gasteiger partial charge is 0.229 e. The van der Waals surface area contributed by atoms with E-state index in [0.717, 1.165) is 22.5 Å². The van der Waals surface area contributed by atoms with Crippen LogP contribution in [-0.4, -0.2) is 18.4 Å². The Hall–Kier alpha value is -2.62. The molecule has 1 heterocycles. The van der Waals surface area contributed by atoms with Crippen LogP contribution in [0.5, 0.6) is 0 Å². The van der Waals surface area contributed by atoms with Crippen molar-refractivity contribution in [2.45, 2.75) is 33.1 Å². The quantitative estimate of drug-likeness (QED) is 0.913. The van der Waals surface area contributed by atoms with Crippen LogP contribution in [-0.2, 0) is 9.59 Å². The normalized spacial score (nSPS) is 17.2. The van der Waals surface area contributed by atoms with Crippen molar-refractivity contribution in [1.82, 2.24) is 0 Å². The summed E-state index contributed by atoms with van der Waals surface area (Å²) in [6, 6.07) is 15.7. The van der Waals surface area contributed by atoms with E-state index in [1.165, 1.54) is 0 Å². The lowest BCUT2D eigenvalue weighted by Crippen LogP contribution is -2.28. The van der Waals surface area contributed by atoms with Crippen molar-refractivity contribution in [2.24, 2.45) is 5.92 Å². The molecule has 1 N–H and O–H groups in total. The van der Waals surface area contributed by atoms with Crippen LogP contribution in [0.3, 0.4) is 0 Å². The SMILES string of the molecule is Cc1ccc(N2C[C@H](C(=O)Nc3ccccc3C(C)C)CC2=O)cc1. The second-order valence-electron chi connectivity index (χ2n) is 6.97. The summed E-state index contributed by atoms with van der Waals surface area (Å²) in [5.74, 6) is -0.0861. The van der Waals surface area contributed by atoms with Crippen LogP contribution in [0.2, 0.25) is 0 Å². The van der Waals surface area contributed by atoms with Gasteiger partial charge in [-0.15, -0.1) is 0 Å². The maximum atomic E-state index is 12.7. The van der Waals surface area contributed by atoms with E-state index in [9.17, 15) is 9.59 Å². The van der Waals surface area contributed by atoms with Crippen LogP contribution < -0.4 is 10.2 Å². The molecule has 1 aliphatic heterocycles. The molecule has 1 atom stereocenters. The molecule has 0 aromatic heterocycles. The molecule has 4 nitrogen and oxygen atoms in total. The van der Waals surface area contributed by atoms with Gasteiger partial charge in [0.05, 0.1) is 5.92 Å². The molecule has 1 saturated heterocycles. The van der Waals surface area contributed by atoms with Crippen LogP contribution in [0.15, 0.2) is 48.5 Å². The number of carbonyl (C=O) groups is 2. The summed E-state index contributed by atoms with van der Waals surface area (Å²) in [5.41, 5.74) is 3.95. The molecule has 0 radical (unpaired) electrons. The number of para-hydroxylation sites is 1. The van der Waals surface area contributed by atoms with Gasteiger partial charge in [0.2, 0.25) is 11.8 Å². The van der Waals surface area contributed by atoms with Crippen molar-refractivity contribution in [1.29, 1.82) is 0 Å². The number of anilines is 2. The molecule has 2 aromatic rings. The fourth-order valence-corrected chi connectivity index (χ4v) is 3.21. The minimum absolute atomic E-state index is 0.00106. The molecule has 2 amide bonds. The third kappa shape index (κ3) is 3.73. The Morgan fingerprint density at radius 3 is 2.48 bits per heavy atom. The average molecular weight is 336 g/mol. The van der Waals surface area contributed by atoms with Crippen LogP contribution in [0.1, 0.15) is 37.3 Å². The van der Waals surface area contributed by atoms with Gasteiger partial charge in [-0.2, -0.15) is 0 Å². The highest BCUT2D eigenvalue weighted by Gasteiger charge is 2.35. The van der Waals surface area contributed by atoms with Crippen molar-refractivity contribution in [3.63, 3.8) is 0 Å². The molecule has 0 spiro atoms. The van der Waals surface area contributed by atoms with Gasteiger partial charge in [-0.05, 0) is 36.6 Å². The van der Waals surface area contributed by atoms with Gasteiger partial charge in [0.1, 0.15) is 0 Å². The van der Waals surface area contributed by atoms with Gasteiger partial charge >= 0.3 is 0 Å². The zero-order valence-electron chi connectivity index (χ0n) is 15.0. The highest BCUT2D eigenvalue weighted by molar-refractivity contribution is 6.03. The lowest BCUT2D eigenvalue weighted by atomic mass is 10.0. The van der Waals surface area contributed by atoms with Crippen molar-refractivity contribution in [3.8, 4) is 0 Å². The Balaban J connectivity index is 1.72. The molecule has 2 aromatic carbocycles. The molecule has 0 saturated carbocycles. The predicted molar refractivity (Wildman–Crippen MR) is 101 cm³/mol. The van der Waals surface area contributed by atoms with E-state index < -0.39 is 0 Å². The zero-order valence-corrected chi connectivity index (χ0v) is 15.0.